The third-order valence-corrected chi connectivity index (χ3v) is 4.28. The zero-order valence-corrected chi connectivity index (χ0v) is 13.0. The molecule has 3 rings (SSSR count). The normalized spacial score (nSPS) is 31.2. The monoisotopic (exact) mass is 392 g/mol. The van der Waals surface area contributed by atoms with Crippen LogP contribution in [0, 0.1) is 17.5 Å². The SMILES string of the molecule is O=C(O)[C@H]1O[C@@H](O)[C@H](O)[C@@H](O)[C@@]1(O)c1cc(F)c2c(F)c(F)c(=O)oc2c1. The summed E-state index contributed by atoms with van der Waals surface area (Å²) in [6.45, 7) is 0. The topological polar surface area (TPSA) is 158 Å². The summed E-state index contributed by atoms with van der Waals surface area (Å²) in [4.78, 5) is 22.6. The van der Waals surface area contributed by atoms with Gasteiger partial charge in [0.1, 0.15) is 23.6 Å². The molecule has 12 heteroatoms. The Bertz CT molecular complexity index is 991. The number of fused-ring (bicyclic) bond motifs is 1. The molecule has 1 saturated heterocycles. The van der Waals surface area contributed by atoms with E-state index >= 15 is 0 Å². The molecule has 0 spiro atoms. The van der Waals surface area contributed by atoms with Gasteiger partial charge >= 0.3 is 11.6 Å². The maximum Gasteiger partial charge on any atom is 0.375 e. The molecule has 1 aliphatic rings. The third-order valence-electron chi connectivity index (χ3n) is 4.28. The van der Waals surface area contributed by atoms with Crippen LogP contribution in [-0.4, -0.2) is 56.1 Å². The van der Waals surface area contributed by atoms with E-state index in [-0.39, 0.29) is 0 Å². The van der Waals surface area contributed by atoms with Gasteiger partial charge < -0.3 is 34.7 Å². The number of halogens is 3. The molecule has 0 unspecified atom stereocenters. The van der Waals surface area contributed by atoms with Crippen LogP contribution in [0.25, 0.3) is 11.0 Å². The lowest BCUT2D eigenvalue weighted by Crippen LogP contribution is -2.66. The smallest absolute Gasteiger partial charge is 0.375 e. The maximum absolute atomic E-state index is 14.3. The van der Waals surface area contributed by atoms with Crippen molar-refractivity contribution >= 4 is 16.9 Å². The number of carboxylic acids is 1. The molecule has 0 radical (unpaired) electrons. The van der Waals surface area contributed by atoms with Gasteiger partial charge in [0.15, 0.2) is 23.8 Å². The van der Waals surface area contributed by atoms with Gasteiger partial charge in [0.2, 0.25) is 5.82 Å². The highest BCUT2D eigenvalue weighted by molar-refractivity contribution is 5.80. The van der Waals surface area contributed by atoms with Gasteiger partial charge in [-0.1, -0.05) is 0 Å². The third kappa shape index (κ3) is 2.69. The van der Waals surface area contributed by atoms with Crippen molar-refractivity contribution in [2.75, 3.05) is 0 Å². The molecule has 5 atom stereocenters. The molecule has 0 saturated carbocycles. The fourth-order valence-electron chi connectivity index (χ4n) is 2.91. The molecular weight excluding hydrogens is 381 g/mol. The van der Waals surface area contributed by atoms with Crippen LogP contribution in [0.4, 0.5) is 13.2 Å². The number of ether oxygens (including phenoxy) is 1. The van der Waals surface area contributed by atoms with Gasteiger partial charge in [-0.3, -0.25) is 0 Å². The fraction of sp³-hybridized carbons (Fsp3) is 0.333. The Morgan fingerprint density at radius 2 is 1.74 bits per heavy atom. The second kappa shape index (κ2) is 6.28. The van der Waals surface area contributed by atoms with Gasteiger partial charge in [0.25, 0.3) is 0 Å². The van der Waals surface area contributed by atoms with Crippen LogP contribution < -0.4 is 5.63 Å². The molecule has 2 heterocycles. The maximum atomic E-state index is 14.3. The first-order valence-corrected chi connectivity index (χ1v) is 7.26. The minimum absolute atomic E-state index is 0.345. The van der Waals surface area contributed by atoms with Gasteiger partial charge in [-0.05, 0) is 17.7 Å². The molecule has 146 valence electrons. The predicted octanol–water partition coefficient (Wildman–Crippen LogP) is -1.08. The van der Waals surface area contributed by atoms with Crippen molar-refractivity contribution in [3.05, 3.63) is 45.6 Å². The number of hydrogen-bond donors (Lipinski definition) is 5. The van der Waals surface area contributed by atoms with E-state index in [1.165, 1.54) is 0 Å². The highest BCUT2D eigenvalue weighted by Gasteiger charge is 2.58. The molecule has 5 N–H and O–H groups in total. The molecule has 0 aliphatic carbocycles. The van der Waals surface area contributed by atoms with Crippen molar-refractivity contribution in [2.24, 2.45) is 0 Å². The van der Waals surface area contributed by atoms with Crippen molar-refractivity contribution < 1.29 is 52.7 Å². The molecule has 1 aromatic carbocycles. The highest BCUT2D eigenvalue weighted by atomic mass is 19.2. The average Bonchev–Trinajstić information content (AvgIpc) is 2.60. The van der Waals surface area contributed by atoms with Crippen LogP contribution in [0.2, 0.25) is 0 Å². The Labute approximate surface area is 146 Å². The first-order valence-electron chi connectivity index (χ1n) is 7.26. The lowest BCUT2D eigenvalue weighted by atomic mass is 9.78. The van der Waals surface area contributed by atoms with Crippen LogP contribution >= 0.6 is 0 Å². The highest BCUT2D eigenvalue weighted by Crippen LogP contribution is 2.40. The fourth-order valence-corrected chi connectivity index (χ4v) is 2.91. The first-order chi connectivity index (χ1) is 12.5. The summed E-state index contributed by atoms with van der Waals surface area (Å²) in [5.41, 5.74) is -6.55. The Balaban J connectivity index is 2.30. The second-order valence-electron chi connectivity index (χ2n) is 5.85. The number of aliphatic hydroxyl groups is 4. The molecule has 9 nitrogen and oxygen atoms in total. The molecule has 0 amide bonds. The van der Waals surface area contributed by atoms with Gasteiger partial charge in [-0.15, -0.1) is 0 Å². The van der Waals surface area contributed by atoms with E-state index in [1.807, 2.05) is 0 Å². The number of aliphatic hydroxyl groups excluding tert-OH is 3. The van der Waals surface area contributed by atoms with E-state index in [1.54, 1.807) is 0 Å². The molecule has 1 fully saturated rings. The standard InChI is InChI=1S/C15H11F3O9/c16-4-1-3(2-5-6(4)7(17)8(18)13(23)26-5)15(25)10(20)9(19)14(24)27-11(15)12(21)22/h1-2,9-11,14,19-20,24-25H,(H,21,22)/t9-,10-,11-,14-,15+/m1/s1. The summed E-state index contributed by atoms with van der Waals surface area (Å²) in [7, 11) is 0. The van der Waals surface area contributed by atoms with Crippen molar-refractivity contribution in [3.8, 4) is 0 Å². The van der Waals surface area contributed by atoms with Gasteiger partial charge in [0, 0.05) is 0 Å². The van der Waals surface area contributed by atoms with E-state index in [9.17, 15) is 48.3 Å². The minimum atomic E-state index is -3.05. The number of benzene rings is 1. The van der Waals surface area contributed by atoms with Crippen LogP contribution in [0.3, 0.4) is 0 Å². The lowest BCUT2D eigenvalue weighted by molar-refractivity contribution is -0.316. The summed E-state index contributed by atoms with van der Waals surface area (Å²) >= 11 is 0. The summed E-state index contributed by atoms with van der Waals surface area (Å²) in [6, 6.07) is 0.924. The van der Waals surface area contributed by atoms with Crippen molar-refractivity contribution in [3.63, 3.8) is 0 Å². The molecular formula is C15H11F3O9. The number of rotatable bonds is 2. The number of carboxylic acid groups (broad SMARTS) is 1. The zero-order valence-electron chi connectivity index (χ0n) is 13.0. The van der Waals surface area contributed by atoms with E-state index in [4.69, 9.17) is 0 Å². The first kappa shape index (κ1) is 19.3. The molecule has 1 aromatic heterocycles. The summed E-state index contributed by atoms with van der Waals surface area (Å²) < 4.78 is 50.4. The number of hydrogen-bond acceptors (Lipinski definition) is 8. The minimum Gasteiger partial charge on any atom is -0.479 e. The van der Waals surface area contributed by atoms with Crippen molar-refractivity contribution in [2.45, 2.75) is 30.2 Å². The van der Waals surface area contributed by atoms with Crippen molar-refractivity contribution in [1.29, 1.82) is 0 Å². The Hall–Kier alpha value is -2.51. The Morgan fingerprint density at radius 3 is 2.33 bits per heavy atom. The molecule has 2 aromatic rings. The van der Waals surface area contributed by atoms with Crippen LogP contribution in [0.15, 0.2) is 21.3 Å². The van der Waals surface area contributed by atoms with E-state index in [0.29, 0.717) is 12.1 Å². The lowest BCUT2D eigenvalue weighted by Gasteiger charge is -2.45. The number of aliphatic carboxylic acids is 1. The van der Waals surface area contributed by atoms with E-state index in [2.05, 4.69) is 9.15 Å². The van der Waals surface area contributed by atoms with Crippen molar-refractivity contribution in [1.82, 2.24) is 0 Å². The zero-order chi connectivity index (χ0) is 20.3. The predicted molar refractivity (Wildman–Crippen MR) is 76.8 cm³/mol. The summed E-state index contributed by atoms with van der Waals surface area (Å²) in [5.74, 6) is -7.33. The van der Waals surface area contributed by atoms with Crippen LogP contribution in [0.1, 0.15) is 5.56 Å². The summed E-state index contributed by atoms with van der Waals surface area (Å²) in [5, 5.41) is 48.1. The quantitative estimate of drug-likeness (QED) is 0.401. The van der Waals surface area contributed by atoms with E-state index < -0.39 is 75.8 Å². The van der Waals surface area contributed by atoms with Gasteiger partial charge in [-0.25, -0.2) is 18.4 Å². The summed E-state index contributed by atoms with van der Waals surface area (Å²) in [6.07, 6.45) is -9.21. The average molecular weight is 392 g/mol. The molecule has 0 bridgehead atoms. The largest absolute Gasteiger partial charge is 0.479 e. The molecule has 27 heavy (non-hydrogen) atoms. The van der Waals surface area contributed by atoms with Gasteiger partial charge in [0.05, 0.1) is 5.39 Å². The van der Waals surface area contributed by atoms with Gasteiger partial charge in [-0.2, -0.15) is 4.39 Å². The van der Waals surface area contributed by atoms with E-state index in [0.717, 1.165) is 0 Å². The molecule has 1 aliphatic heterocycles. The van der Waals surface area contributed by atoms with Crippen LogP contribution in [0.5, 0.6) is 0 Å². The Kier molecular flexibility index (Phi) is 4.48. The van der Waals surface area contributed by atoms with Crippen LogP contribution in [-0.2, 0) is 15.1 Å². The number of carbonyl (C=O) groups is 1. The Morgan fingerprint density at radius 1 is 1.11 bits per heavy atom. The second-order valence-corrected chi connectivity index (χ2v) is 5.85.